The second-order valence-electron chi connectivity index (χ2n) is 3.42. The van der Waals surface area contributed by atoms with Gasteiger partial charge in [0.1, 0.15) is 0 Å². The SMILES string of the molecule is CNC(=O)CN(C)CC(C)(O)C(=O)O. The lowest BCUT2D eigenvalue weighted by Crippen LogP contribution is -2.47. The van der Waals surface area contributed by atoms with E-state index in [0.717, 1.165) is 0 Å². The maximum atomic E-state index is 10.9. The molecule has 6 heteroatoms. The molecule has 0 saturated carbocycles. The number of aliphatic hydroxyl groups is 1. The van der Waals surface area contributed by atoms with Crippen LogP contribution in [0.4, 0.5) is 0 Å². The number of carboxylic acids is 1. The van der Waals surface area contributed by atoms with Gasteiger partial charge in [-0.1, -0.05) is 0 Å². The van der Waals surface area contributed by atoms with Gasteiger partial charge in [-0.15, -0.1) is 0 Å². The van der Waals surface area contributed by atoms with Crippen LogP contribution in [-0.4, -0.2) is 59.8 Å². The van der Waals surface area contributed by atoms with Crippen molar-refractivity contribution in [3.8, 4) is 0 Å². The average molecular weight is 204 g/mol. The number of nitrogens with zero attached hydrogens (tertiary/aromatic N) is 1. The lowest BCUT2D eigenvalue weighted by molar-refractivity contribution is -0.158. The van der Waals surface area contributed by atoms with E-state index >= 15 is 0 Å². The molecule has 1 atom stereocenters. The summed E-state index contributed by atoms with van der Waals surface area (Å²) in [7, 11) is 3.05. The van der Waals surface area contributed by atoms with E-state index < -0.39 is 11.6 Å². The van der Waals surface area contributed by atoms with Crippen molar-refractivity contribution >= 4 is 11.9 Å². The van der Waals surface area contributed by atoms with E-state index in [0.29, 0.717) is 0 Å². The molecule has 82 valence electrons. The molecule has 14 heavy (non-hydrogen) atoms. The summed E-state index contributed by atoms with van der Waals surface area (Å²) >= 11 is 0. The highest BCUT2D eigenvalue weighted by Crippen LogP contribution is 2.04. The van der Waals surface area contributed by atoms with Crippen molar-refractivity contribution in [2.45, 2.75) is 12.5 Å². The summed E-state index contributed by atoms with van der Waals surface area (Å²) in [5.41, 5.74) is -1.83. The van der Waals surface area contributed by atoms with Gasteiger partial charge < -0.3 is 15.5 Å². The number of carbonyl (C=O) groups is 2. The third-order valence-corrected chi connectivity index (χ3v) is 1.73. The molecule has 0 saturated heterocycles. The monoisotopic (exact) mass is 204 g/mol. The van der Waals surface area contributed by atoms with Crippen LogP contribution < -0.4 is 5.32 Å². The van der Waals surface area contributed by atoms with Crippen molar-refractivity contribution in [3.05, 3.63) is 0 Å². The van der Waals surface area contributed by atoms with Crippen LogP contribution in [-0.2, 0) is 9.59 Å². The fourth-order valence-corrected chi connectivity index (χ4v) is 0.973. The summed E-state index contributed by atoms with van der Waals surface area (Å²) in [6.07, 6.45) is 0. The molecule has 0 aliphatic carbocycles. The molecule has 0 aliphatic heterocycles. The largest absolute Gasteiger partial charge is 0.479 e. The molecule has 0 heterocycles. The van der Waals surface area contributed by atoms with Crippen LogP contribution in [0.1, 0.15) is 6.92 Å². The van der Waals surface area contributed by atoms with Crippen LogP contribution in [0, 0.1) is 0 Å². The van der Waals surface area contributed by atoms with E-state index in [9.17, 15) is 14.7 Å². The Bertz CT molecular complexity index is 227. The van der Waals surface area contributed by atoms with Crippen molar-refractivity contribution < 1.29 is 19.8 Å². The van der Waals surface area contributed by atoms with Crippen molar-refractivity contribution in [2.75, 3.05) is 27.2 Å². The maximum Gasteiger partial charge on any atom is 0.336 e. The molecule has 0 aliphatic rings. The van der Waals surface area contributed by atoms with Gasteiger partial charge in [0.2, 0.25) is 5.91 Å². The molecular weight excluding hydrogens is 188 g/mol. The highest BCUT2D eigenvalue weighted by Gasteiger charge is 2.31. The van der Waals surface area contributed by atoms with Gasteiger partial charge in [-0.3, -0.25) is 9.69 Å². The first-order valence-electron chi connectivity index (χ1n) is 4.14. The van der Waals surface area contributed by atoms with Gasteiger partial charge in [0.25, 0.3) is 0 Å². The second kappa shape index (κ2) is 4.92. The Kier molecular flexibility index (Phi) is 4.52. The minimum Gasteiger partial charge on any atom is -0.479 e. The molecule has 0 rings (SSSR count). The first-order chi connectivity index (χ1) is 6.29. The molecule has 0 spiro atoms. The Hall–Kier alpha value is -1.14. The molecule has 1 amide bonds. The molecule has 3 N–H and O–H groups in total. The predicted molar refractivity (Wildman–Crippen MR) is 49.8 cm³/mol. The zero-order valence-electron chi connectivity index (χ0n) is 8.57. The number of carbonyl (C=O) groups excluding carboxylic acids is 1. The summed E-state index contributed by atoms with van der Waals surface area (Å²) in [5, 5.41) is 20.4. The second-order valence-corrected chi connectivity index (χ2v) is 3.42. The van der Waals surface area contributed by atoms with Crippen LogP contribution >= 0.6 is 0 Å². The fourth-order valence-electron chi connectivity index (χ4n) is 0.973. The van der Waals surface area contributed by atoms with Crippen LogP contribution in [0.5, 0.6) is 0 Å². The molecule has 6 nitrogen and oxygen atoms in total. The van der Waals surface area contributed by atoms with Gasteiger partial charge in [0.05, 0.1) is 6.54 Å². The summed E-state index contributed by atoms with van der Waals surface area (Å²) in [4.78, 5) is 22.9. The van der Waals surface area contributed by atoms with E-state index in [1.807, 2.05) is 0 Å². The number of amides is 1. The van der Waals surface area contributed by atoms with Crippen molar-refractivity contribution in [3.63, 3.8) is 0 Å². The number of aliphatic carboxylic acids is 1. The van der Waals surface area contributed by atoms with Crippen molar-refractivity contribution in [1.82, 2.24) is 10.2 Å². The zero-order valence-corrected chi connectivity index (χ0v) is 8.57. The molecule has 0 radical (unpaired) electrons. The van der Waals surface area contributed by atoms with E-state index in [1.54, 1.807) is 7.05 Å². The zero-order chi connectivity index (χ0) is 11.4. The summed E-state index contributed by atoms with van der Waals surface area (Å²) in [6.45, 7) is 1.14. The van der Waals surface area contributed by atoms with E-state index in [2.05, 4.69) is 5.32 Å². The number of nitrogens with one attached hydrogen (secondary N) is 1. The summed E-state index contributed by atoms with van der Waals surface area (Å²) < 4.78 is 0. The minimum absolute atomic E-state index is 0.0555. The van der Waals surface area contributed by atoms with Crippen LogP contribution in [0.15, 0.2) is 0 Å². The van der Waals surface area contributed by atoms with Crippen molar-refractivity contribution in [2.24, 2.45) is 0 Å². The Labute approximate surface area is 82.5 Å². The summed E-state index contributed by atoms with van der Waals surface area (Å²) in [6, 6.07) is 0. The van der Waals surface area contributed by atoms with Gasteiger partial charge in [-0.05, 0) is 14.0 Å². The van der Waals surface area contributed by atoms with Gasteiger partial charge >= 0.3 is 5.97 Å². The van der Waals surface area contributed by atoms with Gasteiger partial charge in [-0.25, -0.2) is 4.79 Å². The highest BCUT2D eigenvalue weighted by atomic mass is 16.4. The predicted octanol–water partition coefficient (Wildman–Crippen LogP) is -1.50. The molecule has 0 fully saturated rings. The Morgan fingerprint density at radius 1 is 1.50 bits per heavy atom. The molecule has 0 aromatic carbocycles. The lowest BCUT2D eigenvalue weighted by Gasteiger charge is -2.24. The van der Waals surface area contributed by atoms with E-state index in [4.69, 9.17) is 5.11 Å². The standard InChI is InChI=1S/C8H16N2O4/c1-8(14,7(12)13)5-10(3)4-6(11)9-2/h14H,4-5H2,1-3H3,(H,9,11)(H,12,13). The molecule has 0 aromatic heterocycles. The summed E-state index contributed by atoms with van der Waals surface area (Å²) in [5.74, 6) is -1.53. The average Bonchev–Trinajstić information content (AvgIpc) is 2.02. The van der Waals surface area contributed by atoms with E-state index in [-0.39, 0.29) is 19.0 Å². The Balaban J connectivity index is 4.12. The quantitative estimate of drug-likeness (QED) is 0.507. The van der Waals surface area contributed by atoms with Gasteiger partial charge in [-0.2, -0.15) is 0 Å². The van der Waals surface area contributed by atoms with Crippen LogP contribution in [0.3, 0.4) is 0 Å². The Morgan fingerprint density at radius 3 is 2.36 bits per heavy atom. The molecule has 0 aromatic rings. The third-order valence-electron chi connectivity index (χ3n) is 1.73. The van der Waals surface area contributed by atoms with Crippen LogP contribution in [0.25, 0.3) is 0 Å². The highest BCUT2D eigenvalue weighted by molar-refractivity contribution is 5.78. The van der Waals surface area contributed by atoms with Gasteiger partial charge in [0.15, 0.2) is 5.60 Å². The fraction of sp³-hybridized carbons (Fsp3) is 0.750. The van der Waals surface area contributed by atoms with Crippen molar-refractivity contribution in [1.29, 1.82) is 0 Å². The number of carboxylic acid groups (broad SMARTS) is 1. The first-order valence-corrected chi connectivity index (χ1v) is 4.14. The molecular formula is C8H16N2O4. The number of likely N-dealkylation sites (N-methyl/N-ethyl adjacent to an activating group) is 2. The minimum atomic E-state index is -1.83. The lowest BCUT2D eigenvalue weighted by atomic mass is 10.1. The number of hydrogen-bond donors (Lipinski definition) is 3. The maximum absolute atomic E-state index is 10.9. The van der Waals surface area contributed by atoms with Gasteiger partial charge in [0, 0.05) is 13.6 Å². The Morgan fingerprint density at radius 2 is 2.00 bits per heavy atom. The smallest absolute Gasteiger partial charge is 0.336 e. The molecule has 1 unspecified atom stereocenters. The van der Waals surface area contributed by atoms with Crippen LogP contribution in [0.2, 0.25) is 0 Å². The first kappa shape index (κ1) is 12.9. The van der Waals surface area contributed by atoms with E-state index in [1.165, 1.54) is 18.9 Å². The third kappa shape index (κ3) is 4.20. The number of hydrogen-bond acceptors (Lipinski definition) is 4. The topological polar surface area (TPSA) is 89.9 Å². The molecule has 0 bridgehead atoms. The normalized spacial score (nSPS) is 14.9. The number of rotatable bonds is 5.